The average molecular weight is 353 g/mol. The fraction of sp³-hybridized carbons (Fsp3) is 0.632. The molecule has 1 aliphatic heterocycles. The van der Waals surface area contributed by atoms with Gasteiger partial charge in [-0.25, -0.2) is 0 Å². The fourth-order valence-electron chi connectivity index (χ4n) is 4.07. The summed E-state index contributed by atoms with van der Waals surface area (Å²) in [4.78, 5) is 14.7. The molecule has 0 aromatic heterocycles. The van der Waals surface area contributed by atoms with Crippen LogP contribution in [0.5, 0.6) is 0 Å². The highest BCUT2D eigenvalue weighted by atomic mass is 35.5. The van der Waals surface area contributed by atoms with Crippen molar-refractivity contribution >= 4 is 18.3 Å². The molecule has 3 atom stereocenters. The third kappa shape index (κ3) is 4.50. The van der Waals surface area contributed by atoms with E-state index in [0.29, 0.717) is 0 Å². The van der Waals surface area contributed by atoms with E-state index in [-0.39, 0.29) is 36.2 Å². The van der Waals surface area contributed by atoms with E-state index in [1.165, 1.54) is 0 Å². The summed E-state index contributed by atoms with van der Waals surface area (Å²) in [6, 6.07) is 10.0. The number of nitrogens with zero attached hydrogens (tertiary/aromatic N) is 1. The Bertz CT molecular complexity index is 517. The van der Waals surface area contributed by atoms with Gasteiger partial charge in [0.2, 0.25) is 5.91 Å². The smallest absolute Gasteiger partial charge is 0.225 e. The Morgan fingerprint density at radius 3 is 2.42 bits per heavy atom. The number of likely N-dealkylation sites (tertiary alicyclic amines) is 1. The van der Waals surface area contributed by atoms with Gasteiger partial charge in [0.15, 0.2) is 0 Å². The Kier molecular flexibility index (Phi) is 7.08. The molecule has 1 saturated heterocycles. The molecule has 1 aromatic carbocycles. The first-order valence-electron chi connectivity index (χ1n) is 8.92. The first kappa shape index (κ1) is 19.2. The van der Waals surface area contributed by atoms with Crippen molar-refractivity contribution in [1.29, 1.82) is 0 Å². The Balaban J connectivity index is 0.00000208. The number of aliphatic hydroxyl groups is 1. The van der Waals surface area contributed by atoms with Crippen molar-refractivity contribution in [1.82, 2.24) is 4.90 Å². The van der Waals surface area contributed by atoms with Crippen LogP contribution in [0.4, 0.5) is 0 Å². The second-order valence-electron chi connectivity index (χ2n) is 7.14. The normalized spacial score (nSPS) is 26.5. The molecule has 3 rings (SSSR count). The highest BCUT2D eigenvalue weighted by molar-refractivity contribution is 5.85. The zero-order chi connectivity index (χ0) is 16.2. The van der Waals surface area contributed by atoms with E-state index in [4.69, 9.17) is 5.73 Å². The number of benzene rings is 1. The Morgan fingerprint density at radius 1 is 1.12 bits per heavy atom. The summed E-state index contributed by atoms with van der Waals surface area (Å²) >= 11 is 0. The number of carbonyl (C=O) groups excluding carboxylic acids is 1. The van der Waals surface area contributed by atoms with Crippen molar-refractivity contribution in [3.63, 3.8) is 0 Å². The first-order chi connectivity index (χ1) is 11.1. The summed E-state index contributed by atoms with van der Waals surface area (Å²) < 4.78 is 0. The second-order valence-corrected chi connectivity index (χ2v) is 7.14. The van der Waals surface area contributed by atoms with Crippen molar-refractivity contribution in [3.8, 4) is 0 Å². The number of hydrogen-bond acceptors (Lipinski definition) is 3. The molecule has 0 spiro atoms. The van der Waals surface area contributed by atoms with Crippen LogP contribution >= 0.6 is 12.4 Å². The summed E-state index contributed by atoms with van der Waals surface area (Å²) in [6.45, 7) is 1.53. The van der Waals surface area contributed by atoms with Crippen LogP contribution in [-0.2, 0) is 4.79 Å². The lowest BCUT2D eigenvalue weighted by Crippen LogP contribution is -2.45. The lowest BCUT2D eigenvalue weighted by Gasteiger charge is -2.37. The van der Waals surface area contributed by atoms with Gasteiger partial charge in [0.05, 0.1) is 6.10 Å². The van der Waals surface area contributed by atoms with Crippen LogP contribution in [0.15, 0.2) is 30.3 Å². The SMILES string of the molecule is Cl.NC1CCCC(C(=O)N2CCC(C(O)c3ccccc3)CC2)C1. The van der Waals surface area contributed by atoms with Gasteiger partial charge < -0.3 is 15.7 Å². The average Bonchev–Trinajstić information content (AvgIpc) is 2.61. The second kappa shape index (κ2) is 8.84. The van der Waals surface area contributed by atoms with Gasteiger partial charge in [-0.05, 0) is 43.6 Å². The standard InChI is InChI=1S/C19H28N2O2.ClH/c20-17-8-4-7-16(13-17)19(23)21-11-9-15(10-12-21)18(22)14-5-2-1-3-6-14;/h1-3,5-6,15-18,22H,4,7-13,20H2;1H. The summed E-state index contributed by atoms with van der Waals surface area (Å²) in [5.41, 5.74) is 7.00. The molecular weight excluding hydrogens is 324 g/mol. The molecule has 1 amide bonds. The minimum absolute atomic E-state index is 0. The number of carbonyl (C=O) groups is 1. The number of amides is 1. The van der Waals surface area contributed by atoms with Gasteiger partial charge in [-0.2, -0.15) is 0 Å². The van der Waals surface area contributed by atoms with E-state index < -0.39 is 6.10 Å². The molecule has 134 valence electrons. The Morgan fingerprint density at radius 2 is 1.79 bits per heavy atom. The van der Waals surface area contributed by atoms with Crippen molar-refractivity contribution in [3.05, 3.63) is 35.9 Å². The number of piperidine rings is 1. The maximum absolute atomic E-state index is 12.7. The van der Waals surface area contributed by atoms with E-state index in [1.54, 1.807) is 0 Å². The molecule has 2 aliphatic rings. The molecule has 1 aliphatic carbocycles. The molecule has 3 unspecified atom stereocenters. The van der Waals surface area contributed by atoms with Gasteiger partial charge in [0, 0.05) is 25.0 Å². The molecule has 0 bridgehead atoms. The number of halogens is 1. The minimum atomic E-state index is -0.420. The van der Waals surface area contributed by atoms with E-state index in [2.05, 4.69) is 0 Å². The predicted octanol–water partition coefficient (Wildman–Crippen LogP) is 2.90. The Labute approximate surface area is 150 Å². The first-order valence-corrected chi connectivity index (χ1v) is 8.92. The summed E-state index contributed by atoms with van der Waals surface area (Å²) in [7, 11) is 0. The molecule has 5 heteroatoms. The van der Waals surface area contributed by atoms with Crippen molar-refractivity contribution in [2.24, 2.45) is 17.6 Å². The van der Waals surface area contributed by atoms with Crippen LogP contribution in [0.2, 0.25) is 0 Å². The maximum Gasteiger partial charge on any atom is 0.225 e. The van der Waals surface area contributed by atoms with Gasteiger partial charge in [-0.1, -0.05) is 36.8 Å². The van der Waals surface area contributed by atoms with Crippen molar-refractivity contribution in [2.45, 2.75) is 50.7 Å². The molecular formula is C19H29ClN2O2. The maximum atomic E-state index is 12.7. The molecule has 2 fully saturated rings. The van der Waals surface area contributed by atoms with Crippen LogP contribution in [0.25, 0.3) is 0 Å². The van der Waals surface area contributed by atoms with Gasteiger partial charge in [0.25, 0.3) is 0 Å². The predicted molar refractivity (Wildman–Crippen MR) is 97.9 cm³/mol. The van der Waals surface area contributed by atoms with E-state index >= 15 is 0 Å². The lowest BCUT2D eigenvalue weighted by molar-refractivity contribution is -0.138. The summed E-state index contributed by atoms with van der Waals surface area (Å²) in [5, 5.41) is 10.5. The van der Waals surface area contributed by atoms with Crippen LogP contribution in [0.1, 0.15) is 50.2 Å². The molecule has 0 radical (unpaired) electrons. The van der Waals surface area contributed by atoms with E-state index in [0.717, 1.165) is 57.2 Å². The van der Waals surface area contributed by atoms with Crippen molar-refractivity contribution < 1.29 is 9.90 Å². The largest absolute Gasteiger partial charge is 0.388 e. The van der Waals surface area contributed by atoms with Gasteiger partial charge in [-0.3, -0.25) is 4.79 Å². The fourth-order valence-corrected chi connectivity index (χ4v) is 4.07. The molecule has 3 N–H and O–H groups in total. The summed E-state index contributed by atoms with van der Waals surface area (Å²) in [6.07, 6.45) is 5.28. The lowest BCUT2D eigenvalue weighted by atomic mass is 9.83. The molecule has 1 heterocycles. The number of aliphatic hydroxyl groups excluding tert-OH is 1. The van der Waals surface area contributed by atoms with Crippen LogP contribution in [0.3, 0.4) is 0 Å². The molecule has 4 nitrogen and oxygen atoms in total. The Hall–Kier alpha value is -1.10. The zero-order valence-corrected chi connectivity index (χ0v) is 15.0. The third-order valence-electron chi connectivity index (χ3n) is 5.50. The van der Waals surface area contributed by atoms with E-state index in [1.807, 2.05) is 35.2 Å². The quantitative estimate of drug-likeness (QED) is 0.879. The molecule has 1 aromatic rings. The van der Waals surface area contributed by atoms with Crippen LogP contribution in [-0.4, -0.2) is 35.0 Å². The monoisotopic (exact) mass is 352 g/mol. The minimum Gasteiger partial charge on any atom is -0.388 e. The number of rotatable bonds is 3. The van der Waals surface area contributed by atoms with Crippen LogP contribution in [0, 0.1) is 11.8 Å². The molecule has 24 heavy (non-hydrogen) atoms. The number of nitrogens with two attached hydrogens (primary N) is 1. The highest BCUT2D eigenvalue weighted by Gasteiger charge is 2.33. The van der Waals surface area contributed by atoms with Gasteiger partial charge >= 0.3 is 0 Å². The van der Waals surface area contributed by atoms with E-state index in [9.17, 15) is 9.90 Å². The van der Waals surface area contributed by atoms with Crippen LogP contribution < -0.4 is 5.73 Å². The van der Waals surface area contributed by atoms with Crippen molar-refractivity contribution in [2.75, 3.05) is 13.1 Å². The summed E-state index contributed by atoms with van der Waals surface area (Å²) in [5.74, 6) is 0.650. The molecule has 1 saturated carbocycles. The topological polar surface area (TPSA) is 66.6 Å². The zero-order valence-electron chi connectivity index (χ0n) is 14.1. The third-order valence-corrected chi connectivity index (χ3v) is 5.50. The highest BCUT2D eigenvalue weighted by Crippen LogP contribution is 2.32. The van der Waals surface area contributed by atoms with Gasteiger partial charge in [0.1, 0.15) is 0 Å². The number of hydrogen-bond donors (Lipinski definition) is 2. The van der Waals surface area contributed by atoms with Gasteiger partial charge in [-0.15, -0.1) is 12.4 Å².